The maximum absolute atomic E-state index is 12.3. The first kappa shape index (κ1) is 17.5. The SMILES string of the molecule is O=C(COC(=O)c1cc2c(s1)-c1ccccc1OC2)Nc1cccnc1Cl. The standard InChI is InChI=1S/C19H13ClN2O4S/c20-18-13(5-3-7-21-18)22-16(23)10-26-19(24)15-8-11-9-25-14-6-2-1-4-12(14)17(11)27-15/h1-8H,9-10H2,(H,22,23). The zero-order valence-electron chi connectivity index (χ0n) is 13.9. The Hall–Kier alpha value is -2.90. The molecule has 0 unspecified atom stereocenters. The number of amides is 1. The summed E-state index contributed by atoms with van der Waals surface area (Å²) in [5.74, 6) is -0.257. The lowest BCUT2D eigenvalue weighted by molar-refractivity contribution is -0.119. The number of anilines is 1. The normalized spacial score (nSPS) is 11.7. The molecule has 0 bridgehead atoms. The van der Waals surface area contributed by atoms with Crippen LogP contribution in [0.25, 0.3) is 10.4 Å². The zero-order chi connectivity index (χ0) is 18.8. The molecule has 1 N–H and O–H groups in total. The molecule has 6 nitrogen and oxygen atoms in total. The number of para-hydroxylation sites is 1. The third-order valence-electron chi connectivity index (χ3n) is 3.89. The summed E-state index contributed by atoms with van der Waals surface area (Å²) in [7, 11) is 0. The van der Waals surface area contributed by atoms with E-state index in [0.29, 0.717) is 17.2 Å². The molecule has 1 amide bonds. The van der Waals surface area contributed by atoms with E-state index in [1.807, 2.05) is 24.3 Å². The number of fused-ring (bicyclic) bond motifs is 3. The van der Waals surface area contributed by atoms with Crippen molar-refractivity contribution < 1.29 is 19.1 Å². The van der Waals surface area contributed by atoms with Crippen molar-refractivity contribution in [3.05, 3.63) is 64.3 Å². The highest BCUT2D eigenvalue weighted by molar-refractivity contribution is 7.17. The van der Waals surface area contributed by atoms with Gasteiger partial charge in [-0.3, -0.25) is 4.79 Å². The fourth-order valence-corrected chi connectivity index (χ4v) is 3.93. The number of halogens is 1. The monoisotopic (exact) mass is 400 g/mol. The van der Waals surface area contributed by atoms with Crippen molar-refractivity contribution in [3.8, 4) is 16.2 Å². The fourth-order valence-electron chi connectivity index (χ4n) is 2.67. The van der Waals surface area contributed by atoms with Gasteiger partial charge in [0.2, 0.25) is 0 Å². The quantitative estimate of drug-likeness (QED) is 0.525. The lowest BCUT2D eigenvalue weighted by Gasteiger charge is -2.16. The van der Waals surface area contributed by atoms with Crippen molar-refractivity contribution in [2.24, 2.45) is 0 Å². The molecule has 27 heavy (non-hydrogen) atoms. The summed E-state index contributed by atoms with van der Waals surface area (Å²) in [6.45, 7) is -0.0180. The molecule has 3 aromatic rings. The maximum atomic E-state index is 12.3. The van der Waals surface area contributed by atoms with Gasteiger partial charge in [-0.25, -0.2) is 9.78 Å². The first-order chi connectivity index (χ1) is 13.1. The van der Waals surface area contributed by atoms with Gasteiger partial charge in [0, 0.05) is 22.2 Å². The van der Waals surface area contributed by atoms with Gasteiger partial charge in [-0.2, -0.15) is 0 Å². The number of carbonyl (C=O) groups excluding carboxylic acids is 2. The first-order valence-corrected chi connectivity index (χ1v) is 9.23. The minimum atomic E-state index is -0.556. The van der Waals surface area contributed by atoms with E-state index in [4.69, 9.17) is 21.1 Å². The van der Waals surface area contributed by atoms with Crippen LogP contribution in [0.3, 0.4) is 0 Å². The lowest BCUT2D eigenvalue weighted by atomic mass is 10.1. The Kier molecular flexibility index (Phi) is 4.79. The molecule has 0 spiro atoms. The van der Waals surface area contributed by atoms with Crippen LogP contribution in [0, 0.1) is 0 Å². The van der Waals surface area contributed by atoms with E-state index >= 15 is 0 Å². The Morgan fingerprint density at radius 2 is 2.11 bits per heavy atom. The molecule has 0 saturated heterocycles. The van der Waals surface area contributed by atoms with Crippen LogP contribution in [0.4, 0.5) is 5.69 Å². The molecule has 1 aliphatic rings. The number of rotatable bonds is 4. The van der Waals surface area contributed by atoms with Crippen molar-refractivity contribution >= 4 is 40.5 Å². The molecule has 0 radical (unpaired) electrons. The molecule has 4 rings (SSSR count). The van der Waals surface area contributed by atoms with Crippen molar-refractivity contribution in [2.75, 3.05) is 11.9 Å². The minimum absolute atomic E-state index is 0.168. The number of esters is 1. The lowest BCUT2D eigenvalue weighted by Crippen LogP contribution is -2.20. The van der Waals surface area contributed by atoms with Crippen molar-refractivity contribution in [1.82, 2.24) is 4.98 Å². The van der Waals surface area contributed by atoms with Gasteiger partial charge < -0.3 is 14.8 Å². The number of hydrogen-bond acceptors (Lipinski definition) is 6. The van der Waals surface area contributed by atoms with Crippen molar-refractivity contribution in [3.63, 3.8) is 0 Å². The molecular weight excluding hydrogens is 388 g/mol. The highest BCUT2D eigenvalue weighted by atomic mass is 35.5. The summed E-state index contributed by atoms with van der Waals surface area (Å²) in [5.41, 5.74) is 2.24. The van der Waals surface area contributed by atoms with E-state index in [1.54, 1.807) is 18.2 Å². The third-order valence-corrected chi connectivity index (χ3v) is 5.38. The number of ether oxygens (including phenoxy) is 2. The van der Waals surface area contributed by atoms with E-state index < -0.39 is 18.5 Å². The third kappa shape index (κ3) is 3.65. The largest absolute Gasteiger partial charge is 0.488 e. The molecule has 0 atom stereocenters. The van der Waals surface area contributed by atoms with Crippen LogP contribution in [0.15, 0.2) is 48.7 Å². The zero-order valence-corrected chi connectivity index (χ0v) is 15.5. The number of hydrogen-bond donors (Lipinski definition) is 1. The summed E-state index contributed by atoms with van der Waals surface area (Å²) in [6, 6.07) is 12.7. The van der Waals surface area contributed by atoms with Crippen LogP contribution >= 0.6 is 22.9 Å². The summed E-state index contributed by atoms with van der Waals surface area (Å²) in [4.78, 5) is 29.6. The molecule has 2 aromatic heterocycles. The van der Waals surface area contributed by atoms with Crippen LogP contribution in [-0.2, 0) is 16.1 Å². The molecule has 0 saturated carbocycles. The van der Waals surface area contributed by atoms with Gasteiger partial charge in [0.05, 0.1) is 5.69 Å². The van der Waals surface area contributed by atoms with Gasteiger partial charge in [-0.15, -0.1) is 11.3 Å². The Morgan fingerprint density at radius 3 is 2.96 bits per heavy atom. The Bertz CT molecular complexity index is 1030. The topological polar surface area (TPSA) is 77.5 Å². The summed E-state index contributed by atoms with van der Waals surface area (Å²) in [5, 5.41) is 2.72. The second-order valence-corrected chi connectivity index (χ2v) is 7.13. The van der Waals surface area contributed by atoms with Gasteiger partial charge in [-0.05, 0) is 30.3 Å². The van der Waals surface area contributed by atoms with Crippen molar-refractivity contribution in [2.45, 2.75) is 6.61 Å². The van der Waals surface area contributed by atoms with Crippen LogP contribution < -0.4 is 10.1 Å². The molecule has 3 heterocycles. The van der Waals surface area contributed by atoms with Crippen LogP contribution in [-0.4, -0.2) is 23.5 Å². The van der Waals surface area contributed by atoms with Gasteiger partial charge >= 0.3 is 5.97 Å². The summed E-state index contributed by atoms with van der Waals surface area (Å²) < 4.78 is 10.8. The fraction of sp³-hybridized carbons (Fsp3) is 0.105. The molecule has 1 aromatic carbocycles. The highest BCUT2D eigenvalue weighted by Crippen LogP contribution is 2.42. The molecule has 8 heteroatoms. The second-order valence-electron chi connectivity index (χ2n) is 5.72. The molecule has 1 aliphatic heterocycles. The van der Waals surface area contributed by atoms with E-state index in [1.165, 1.54) is 17.5 Å². The van der Waals surface area contributed by atoms with E-state index in [2.05, 4.69) is 10.3 Å². The van der Waals surface area contributed by atoms with Gasteiger partial charge in [0.15, 0.2) is 11.8 Å². The number of nitrogens with zero attached hydrogens (tertiary/aromatic N) is 1. The minimum Gasteiger partial charge on any atom is -0.488 e. The Morgan fingerprint density at radius 1 is 1.26 bits per heavy atom. The van der Waals surface area contributed by atoms with Gasteiger partial charge in [0.1, 0.15) is 17.2 Å². The number of aromatic nitrogens is 1. The van der Waals surface area contributed by atoms with Gasteiger partial charge in [0.25, 0.3) is 5.91 Å². The highest BCUT2D eigenvalue weighted by Gasteiger charge is 2.23. The van der Waals surface area contributed by atoms with E-state index in [0.717, 1.165) is 21.8 Å². The van der Waals surface area contributed by atoms with Gasteiger partial charge in [-0.1, -0.05) is 23.7 Å². The molecule has 136 valence electrons. The Labute approximate surface area is 163 Å². The predicted octanol–water partition coefficient (Wildman–Crippen LogP) is 4.15. The number of pyridine rings is 1. The summed E-state index contributed by atoms with van der Waals surface area (Å²) >= 11 is 7.21. The maximum Gasteiger partial charge on any atom is 0.348 e. The average Bonchev–Trinajstić information content (AvgIpc) is 3.13. The number of thiophene rings is 1. The summed E-state index contributed by atoms with van der Waals surface area (Å²) in [6.07, 6.45) is 1.51. The Balaban J connectivity index is 1.42. The molecular formula is C19H13ClN2O4S. The van der Waals surface area contributed by atoms with Crippen LogP contribution in [0.5, 0.6) is 5.75 Å². The van der Waals surface area contributed by atoms with Crippen molar-refractivity contribution in [1.29, 1.82) is 0 Å². The smallest absolute Gasteiger partial charge is 0.348 e. The predicted molar refractivity (Wildman–Crippen MR) is 102 cm³/mol. The van der Waals surface area contributed by atoms with E-state index in [9.17, 15) is 9.59 Å². The second kappa shape index (κ2) is 7.38. The number of nitrogens with one attached hydrogen (secondary N) is 1. The first-order valence-electron chi connectivity index (χ1n) is 8.04. The molecule has 0 fully saturated rings. The number of carbonyl (C=O) groups is 2. The average molecular weight is 401 g/mol. The molecule has 0 aliphatic carbocycles. The van der Waals surface area contributed by atoms with E-state index in [-0.39, 0.29) is 5.15 Å². The number of benzene rings is 1. The van der Waals surface area contributed by atoms with Crippen LogP contribution in [0.1, 0.15) is 15.2 Å². The van der Waals surface area contributed by atoms with Crippen LogP contribution in [0.2, 0.25) is 5.15 Å².